The maximum atomic E-state index is 13.0. The topological polar surface area (TPSA) is 104 Å². The van der Waals surface area contributed by atoms with Gasteiger partial charge in [0.2, 0.25) is 0 Å². The largest absolute Gasteiger partial charge is 0.462 e. The average molecular weight is 589 g/mol. The third kappa shape index (κ3) is 6.49. The molecule has 4 atom stereocenters. The molecule has 0 unspecified atom stereocenters. The number of benzene rings is 2. The van der Waals surface area contributed by atoms with E-state index in [2.05, 4.69) is 48.7 Å². The van der Waals surface area contributed by atoms with Crippen LogP contribution in [-0.2, 0) is 13.9 Å². The fraction of sp³-hybridized carbons (Fsp3) is 0.438. The molecule has 9 nitrogen and oxygen atoms in total. The zero-order chi connectivity index (χ0) is 29.9. The van der Waals surface area contributed by atoms with Crippen molar-refractivity contribution in [3.05, 3.63) is 83.8 Å². The molecular weight excluding hydrogens is 548 g/mol. The van der Waals surface area contributed by atoms with Crippen molar-refractivity contribution in [1.29, 1.82) is 0 Å². The Morgan fingerprint density at radius 3 is 2.26 bits per heavy atom. The van der Waals surface area contributed by atoms with Crippen LogP contribution in [0.5, 0.6) is 0 Å². The van der Waals surface area contributed by atoms with Crippen LogP contribution in [0.4, 0.5) is 5.82 Å². The van der Waals surface area contributed by atoms with Crippen LogP contribution in [0, 0.1) is 5.92 Å². The molecule has 42 heavy (non-hydrogen) atoms. The van der Waals surface area contributed by atoms with Crippen LogP contribution in [0.2, 0.25) is 18.1 Å². The van der Waals surface area contributed by atoms with Crippen LogP contribution in [0.1, 0.15) is 72.2 Å². The molecule has 3 aromatic rings. The summed E-state index contributed by atoms with van der Waals surface area (Å²) >= 11 is 0. The number of aromatic nitrogens is 2. The van der Waals surface area contributed by atoms with Crippen LogP contribution in [0.3, 0.4) is 0 Å². The molecule has 10 heteroatoms. The van der Waals surface area contributed by atoms with E-state index in [-0.39, 0.29) is 29.7 Å². The predicted molar refractivity (Wildman–Crippen MR) is 164 cm³/mol. The number of nitrogens with one attached hydrogen (secondary N) is 1. The maximum absolute atomic E-state index is 13.0. The molecule has 1 aliphatic carbocycles. The van der Waals surface area contributed by atoms with Gasteiger partial charge < -0.3 is 23.8 Å². The van der Waals surface area contributed by atoms with Gasteiger partial charge in [-0.25, -0.2) is 14.6 Å². The highest BCUT2D eigenvalue weighted by molar-refractivity contribution is 6.74. The molecule has 2 aromatic carbocycles. The quantitative estimate of drug-likeness (QED) is 0.239. The minimum absolute atomic E-state index is 0.0391. The molecule has 2 heterocycles. The molecule has 5 rings (SSSR count). The first kappa shape index (κ1) is 29.7. The maximum Gasteiger partial charge on any atom is 0.338 e. The number of hydrogen-bond donors (Lipinski definition) is 1. The van der Waals surface area contributed by atoms with E-state index in [1.807, 2.05) is 30.6 Å². The molecule has 1 N–H and O–H groups in total. The molecule has 0 saturated heterocycles. The summed E-state index contributed by atoms with van der Waals surface area (Å²) in [5.74, 6) is -0.141. The highest BCUT2D eigenvalue weighted by atomic mass is 28.4. The summed E-state index contributed by atoms with van der Waals surface area (Å²) in [6.45, 7) is 11.8. The van der Waals surface area contributed by atoms with Crippen molar-refractivity contribution in [3.63, 3.8) is 0 Å². The van der Waals surface area contributed by atoms with E-state index in [0.717, 1.165) is 11.5 Å². The van der Waals surface area contributed by atoms with E-state index < -0.39 is 26.4 Å². The van der Waals surface area contributed by atoms with E-state index >= 15 is 0 Å². The number of esters is 2. The molecule has 1 aliphatic heterocycles. The summed E-state index contributed by atoms with van der Waals surface area (Å²) in [5, 5.41) is 3.37. The number of rotatable bonds is 8. The Morgan fingerprint density at radius 2 is 1.62 bits per heavy atom. The summed E-state index contributed by atoms with van der Waals surface area (Å²) in [4.78, 5) is 35.1. The van der Waals surface area contributed by atoms with Gasteiger partial charge in [-0.1, -0.05) is 57.2 Å². The first-order valence-electron chi connectivity index (χ1n) is 14.5. The van der Waals surface area contributed by atoms with Crippen LogP contribution in [0.15, 0.2) is 72.0 Å². The molecule has 2 aliphatic rings. The van der Waals surface area contributed by atoms with Crippen LogP contribution in [-0.4, -0.2) is 55.4 Å². The molecule has 0 amide bonds. The van der Waals surface area contributed by atoms with Gasteiger partial charge in [-0.2, -0.15) is 0 Å². The first-order chi connectivity index (χ1) is 20.0. The molecule has 1 fully saturated rings. The smallest absolute Gasteiger partial charge is 0.338 e. The lowest BCUT2D eigenvalue weighted by atomic mass is 10.1. The zero-order valence-electron chi connectivity index (χ0n) is 24.9. The number of fused-ring (bicyclic) bond motifs is 1. The van der Waals surface area contributed by atoms with Crippen molar-refractivity contribution >= 4 is 32.4 Å². The third-order valence-electron chi connectivity index (χ3n) is 8.64. The third-order valence-corrected chi connectivity index (χ3v) is 13.1. The molecule has 0 spiro atoms. The summed E-state index contributed by atoms with van der Waals surface area (Å²) in [6, 6.07) is 17.8. The Morgan fingerprint density at radius 1 is 0.976 bits per heavy atom. The van der Waals surface area contributed by atoms with Gasteiger partial charge in [-0.3, -0.25) is 4.99 Å². The van der Waals surface area contributed by atoms with Crippen molar-refractivity contribution in [2.24, 2.45) is 10.9 Å². The van der Waals surface area contributed by atoms with Crippen molar-refractivity contribution in [1.82, 2.24) is 9.55 Å². The number of anilines is 1. The number of carbonyl (C=O) groups excluding carboxylic acids is 2. The van der Waals surface area contributed by atoms with E-state index in [1.165, 1.54) is 0 Å². The van der Waals surface area contributed by atoms with Gasteiger partial charge in [-0.15, -0.1) is 0 Å². The van der Waals surface area contributed by atoms with E-state index in [9.17, 15) is 9.59 Å². The summed E-state index contributed by atoms with van der Waals surface area (Å²) in [5.41, 5.74) is 1.80. The van der Waals surface area contributed by atoms with Gasteiger partial charge in [0, 0.05) is 18.4 Å². The normalized spacial score (nSPS) is 22.1. The van der Waals surface area contributed by atoms with Gasteiger partial charge in [0.15, 0.2) is 8.32 Å². The summed E-state index contributed by atoms with van der Waals surface area (Å²) in [7, 11) is -2.08. The molecular formula is C32H40N4O5Si. The highest BCUT2D eigenvalue weighted by Crippen LogP contribution is 2.43. The van der Waals surface area contributed by atoms with E-state index in [0.29, 0.717) is 30.5 Å². The average Bonchev–Trinajstić information content (AvgIpc) is 3.51. The Labute approximate surface area is 248 Å². The number of hydrogen-bond acceptors (Lipinski definition) is 8. The van der Waals surface area contributed by atoms with Gasteiger partial charge in [-0.05, 0) is 48.8 Å². The second-order valence-electron chi connectivity index (χ2n) is 12.6. The molecule has 0 radical (unpaired) electrons. The van der Waals surface area contributed by atoms with Crippen molar-refractivity contribution < 1.29 is 23.5 Å². The summed E-state index contributed by atoms with van der Waals surface area (Å²) in [6.07, 6.45) is 4.03. The van der Waals surface area contributed by atoms with E-state index in [1.54, 1.807) is 42.7 Å². The molecule has 222 valence electrons. The Bertz CT molecular complexity index is 1420. The van der Waals surface area contributed by atoms with Crippen LogP contribution >= 0.6 is 0 Å². The van der Waals surface area contributed by atoms with Crippen LogP contribution < -0.4 is 5.32 Å². The minimum Gasteiger partial charge on any atom is -0.462 e. The van der Waals surface area contributed by atoms with Crippen LogP contribution in [0.25, 0.3) is 0 Å². The van der Waals surface area contributed by atoms with E-state index in [4.69, 9.17) is 18.9 Å². The summed E-state index contributed by atoms with van der Waals surface area (Å²) < 4.78 is 20.6. The molecule has 1 saturated carbocycles. The second-order valence-corrected chi connectivity index (χ2v) is 17.3. The molecule has 0 bridgehead atoms. The lowest BCUT2D eigenvalue weighted by molar-refractivity contribution is 0.00477. The Balaban J connectivity index is 1.37. The fourth-order valence-electron chi connectivity index (χ4n) is 5.23. The molecule has 1 aromatic heterocycles. The minimum atomic E-state index is -2.08. The number of aliphatic imine (C=N–C) groups is 1. The van der Waals surface area contributed by atoms with Gasteiger partial charge in [0.25, 0.3) is 0 Å². The SMILES string of the molecule is CC(C)(C)[Si](C)(C)O[C@@H]1CN=CNc2c1ncn2[C@@H]1C[C@H](COC(=O)c2ccccc2)[C@@H](OC(=O)c2ccccc2)C1. The van der Waals surface area contributed by atoms with Crippen molar-refractivity contribution in [2.45, 2.75) is 70.0 Å². The monoisotopic (exact) mass is 588 g/mol. The van der Waals surface area contributed by atoms with Gasteiger partial charge in [0.1, 0.15) is 23.7 Å². The fourth-order valence-corrected chi connectivity index (χ4v) is 6.48. The highest BCUT2D eigenvalue weighted by Gasteiger charge is 2.43. The van der Waals surface area contributed by atoms with Crippen molar-refractivity contribution in [3.8, 4) is 0 Å². The number of imidazole rings is 1. The number of nitrogens with zero attached hydrogens (tertiary/aromatic N) is 3. The van der Waals surface area contributed by atoms with Gasteiger partial charge >= 0.3 is 11.9 Å². The second kappa shape index (κ2) is 12.2. The van der Waals surface area contributed by atoms with Crippen molar-refractivity contribution in [2.75, 3.05) is 18.5 Å². The van der Waals surface area contributed by atoms with Gasteiger partial charge in [0.05, 0.1) is 36.9 Å². The Kier molecular flexibility index (Phi) is 8.65. The lowest BCUT2D eigenvalue weighted by Gasteiger charge is -2.38. The zero-order valence-corrected chi connectivity index (χ0v) is 25.9. The standard InChI is InChI=1S/C32H40N4O5Si/c1-32(2,3)42(4,5)41-27-18-33-20-34-29-28(27)35-21-36(29)25-16-24(19-39-30(37)22-12-8-6-9-13-22)26(17-25)40-31(38)23-14-10-7-11-15-23/h6-15,20-21,24-27H,16-19H2,1-5H3,(H,33,34)/t24-,25-,26+,27-/m1/s1. The first-order valence-corrected chi connectivity index (χ1v) is 17.4. The number of carbonyl (C=O) groups is 2. The predicted octanol–water partition coefficient (Wildman–Crippen LogP) is 6.43. The lowest BCUT2D eigenvalue weighted by Crippen LogP contribution is -2.42. The Hall–Kier alpha value is -3.76. The number of ether oxygens (including phenoxy) is 2.